The van der Waals surface area contributed by atoms with E-state index >= 15 is 0 Å². The van der Waals surface area contributed by atoms with E-state index in [1.54, 1.807) is 6.20 Å². The van der Waals surface area contributed by atoms with Gasteiger partial charge in [0.1, 0.15) is 6.29 Å². The van der Waals surface area contributed by atoms with Crippen molar-refractivity contribution in [1.82, 2.24) is 4.98 Å². The van der Waals surface area contributed by atoms with Crippen LogP contribution in [-0.4, -0.2) is 11.3 Å². The van der Waals surface area contributed by atoms with Crippen molar-refractivity contribution in [2.45, 2.75) is 12.8 Å². The van der Waals surface area contributed by atoms with Gasteiger partial charge in [-0.25, -0.2) is 4.98 Å². The van der Waals surface area contributed by atoms with Crippen LogP contribution < -0.4 is 0 Å². The lowest BCUT2D eigenvalue weighted by atomic mass is 10.3. The molecule has 0 saturated heterocycles. The molecule has 0 aliphatic rings. The number of hydrogen-bond acceptors (Lipinski definition) is 3. The number of rotatable bonds is 3. The van der Waals surface area contributed by atoms with Crippen LogP contribution in [0.15, 0.2) is 6.20 Å². The first-order valence-corrected chi connectivity index (χ1v) is 4.06. The van der Waals surface area contributed by atoms with E-state index in [1.165, 1.54) is 11.3 Å². The van der Waals surface area contributed by atoms with Crippen LogP contribution in [-0.2, 0) is 11.2 Å². The summed E-state index contributed by atoms with van der Waals surface area (Å²) >= 11 is 6.98. The predicted molar refractivity (Wildman–Crippen MR) is 41.5 cm³/mol. The van der Waals surface area contributed by atoms with Crippen LogP contribution in [0.5, 0.6) is 0 Å². The summed E-state index contributed by atoms with van der Waals surface area (Å²) in [7, 11) is 0. The Morgan fingerprint density at radius 3 is 3.10 bits per heavy atom. The largest absolute Gasteiger partial charge is 0.303 e. The second-order valence-electron chi connectivity index (χ2n) is 1.78. The lowest BCUT2D eigenvalue weighted by Gasteiger charge is -1.84. The van der Waals surface area contributed by atoms with Gasteiger partial charge in [0.25, 0.3) is 0 Å². The quantitative estimate of drug-likeness (QED) is 0.658. The molecule has 0 amide bonds. The van der Waals surface area contributed by atoms with Crippen LogP contribution in [0.2, 0.25) is 4.47 Å². The normalized spacial score (nSPS) is 9.70. The topological polar surface area (TPSA) is 30.0 Å². The Kier molecular flexibility index (Phi) is 2.83. The first kappa shape index (κ1) is 7.69. The van der Waals surface area contributed by atoms with Crippen LogP contribution >= 0.6 is 22.9 Å². The Balaban J connectivity index is 2.49. The van der Waals surface area contributed by atoms with Gasteiger partial charge in [0.05, 0.1) is 0 Å². The lowest BCUT2D eigenvalue weighted by molar-refractivity contribution is -0.107. The average Bonchev–Trinajstić information content (AvgIpc) is 2.31. The van der Waals surface area contributed by atoms with E-state index in [0.29, 0.717) is 10.9 Å². The zero-order valence-electron chi connectivity index (χ0n) is 5.21. The minimum Gasteiger partial charge on any atom is -0.303 e. The van der Waals surface area contributed by atoms with E-state index in [4.69, 9.17) is 11.6 Å². The molecule has 0 aliphatic heterocycles. The van der Waals surface area contributed by atoms with Gasteiger partial charge in [0.2, 0.25) is 0 Å². The fraction of sp³-hybridized carbons (Fsp3) is 0.333. The van der Waals surface area contributed by atoms with Gasteiger partial charge in [0, 0.05) is 17.5 Å². The standard InChI is InChI=1S/C6H6ClNOS/c7-6-8-4-5(10-6)2-1-3-9/h3-4H,1-2H2. The summed E-state index contributed by atoms with van der Waals surface area (Å²) in [5, 5.41) is 0. The van der Waals surface area contributed by atoms with Crippen molar-refractivity contribution in [3.8, 4) is 0 Å². The van der Waals surface area contributed by atoms with Crippen LogP contribution in [0.3, 0.4) is 0 Å². The molecule has 0 fully saturated rings. The van der Waals surface area contributed by atoms with Gasteiger partial charge < -0.3 is 4.79 Å². The van der Waals surface area contributed by atoms with Gasteiger partial charge in [-0.1, -0.05) is 11.6 Å². The Morgan fingerprint density at radius 1 is 1.80 bits per heavy atom. The Hall–Kier alpha value is -0.410. The number of aryl methyl sites for hydroxylation is 1. The zero-order chi connectivity index (χ0) is 7.40. The second kappa shape index (κ2) is 3.68. The summed E-state index contributed by atoms with van der Waals surface area (Å²) in [6.45, 7) is 0. The van der Waals surface area contributed by atoms with Crippen molar-refractivity contribution in [2.75, 3.05) is 0 Å². The molecule has 1 aromatic heterocycles. The van der Waals surface area contributed by atoms with Crippen molar-refractivity contribution in [2.24, 2.45) is 0 Å². The molecule has 0 N–H and O–H groups in total. The van der Waals surface area contributed by atoms with Crippen LogP contribution in [0, 0.1) is 0 Å². The lowest BCUT2D eigenvalue weighted by Crippen LogP contribution is -1.79. The van der Waals surface area contributed by atoms with E-state index < -0.39 is 0 Å². The third-order valence-electron chi connectivity index (χ3n) is 1.03. The Labute approximate surface area is 67.9 Å². The second-order valence-corrected chi connectivity index (χ2v) is 3.48. The minimum absolute atomic E-state index is 0.542. The SMILES string of the molecule is O=CCCc1cnc(Cl)s1. The summed E-state index contributed by atoms with van der Waals surface area (Å²) in [6, 6.07) is 0. The Morgan fingerprint density at radius 2 is 2.60 bits per heavy atom. The molecule has 0 aliphatic carbocycles. The van der Waals surface area contributed by atoms with Crippen molar-refractivity contribution in [1.29, 1.82) is 0 Å². The van der Waals surface area contributed by atoms with Gasteiger partial charge in [-0.2, -0.15) is 0 Å². The molecular weight excluding hydrogens is 170 g/mol. The Bertz CT molecular complexity index is 223. The van der Waals surface area contributed by atoms with Crippen LogP contribution in [0.4, 0.5) is 0 Å². The van der Waals surface area contributed by atoms with Crippen LogP contribution in [0.1, 0.15) is 11.3 Å². The maximum absolute atomic E-state index is 9.94. The third-order valence-corrected chi connectivity index (χ3v) is 2.21. The van der Waals surface area contributed by atoms with Crippen molar-refractivity contribution in [3.63, 3.8) is 0 Å². The number of hydrogen-bond donors (Lipinski definition) is 0. The van der Waals surface area contributed by atoms with Gasteiger partial charge in [-0.15, -0.1) is 11.3 Å². The number of carbonyl (C=O) groups is 1. The van der Waals surface area contributed by atoms with Gasteiger partial charge in [0.15, 0.2) is 4.47 Å². The van der Waals surface area contributed by atoms with Gasteiger partial charge >= 0.3 is 0 Å². The zero-order valence-corrected chi connectivity index (χ0v) is 6.78. The van der Waals surface area contributed by atoms with E-state index in [-0.39, 0.29) is 0 Å². The molecule has 0 aromatic carbocycles. The highest BCUT2D eigenvalue weighted by Gasteiger charge is 1.97. The maximum Gasteiger partial charge on any atom is 0.183 e. The highest BCUT2D eigenvalue weighted by atomic mass is 35.5. The monoisotopic (exact) mass is 175 g/mol. The minimum atomic E-state index is 0.542. The molecule has 1 rings (SSSR count). The third kappa shape index (κ3) is 2.08. The molecule has 1 heterocycles. The summed E-state index contributed by atoms with van der Waals surface area (Å²) in [5.74, 6) is 0. The molecule has 54 valence electrons. The van der Waals surface area contributed by atoms with Gasteiger partial charge in [-0.05, 0) is 6.42 Å². The number of aromatic nitrogens is 1. The molecule has 4 heteroatoms. The van der Waals surface area contributed by atoms with Crippen LogP contribution in [0.25, 0.3) is 0 Å². The fourth-order valence-corrected chi connectivity index (χ4v) is 1.59. The van der Waals surface area contributed by atoms with Crippen molar-refractivity contribution in [3.05, 3.63) is 15.5 Å². The first-order chi connectivity index (χ1) is 4.83. The highest BCUT2D eigenvalue weighted by Crippen LogP contribution is 2.18. The molecular formula is C6H6ClNOS. The van der Waals surface area contributed by atoms with E-state index in [9.17, 15) is 4.79 Å². The number of nitrogens with zero attached hydrogens (tertiary/aromatic N) is 1. The molecule has 0 spiro atoms. The summed E-state index contributed by atoms with van der Waals surface area (Å²) < 4.78 is 0.542. The molecule has 0 atom stereocenters. The maximum atomic E-state index is 9.94. The summed E-state index contributed by atoms with van der Waals surface area (Å²) in [6.07, 6.45) is 3.91. The number of thiazole rings is 1. The smallest absolute Gasteiger partial charge is 0.183 e. The highest BCUT2D eigenvalue weighted by molar-refractivity contribution is 7.15. The molecule has 0 unspecified atom stereocenters. The predicted octanol–water partition coefficient (Wildman–Crippen LogP) is 1.93. The van der Waals surface area contributed by atoms with E-state index in [1.807, 2.05) is 0 Å². The molecule has 0 bridgehead atoms. The first-order valence-electron chi connectivity index (χ1n) is 2.87. The number of aldehydes is 1. The van der Waals surface area contributed by atoms with Crippen molar-refractivity contribution < 1.29 is 4.79 Å². The molecule has 1 aromatic rings. The average molecular weight is 176 g/mol. The van der Waals surface area contributed by atoms with Gasteiger partial charge in [-0.3, -0.25) is 0 Å². The van der Waals surface area contributed by atoms with E-state index in [2.05, 4.69) is 4.98 Å². The molecule has 10 heavy (non-hydrogen) atoms. The fourth-order valence-electron chi connectivity index (χ4n) is 0.600. The van der Waals surface area contributed by atoms with Crippen molar-refractivity contribution >= 4 is 29.2 Å². The summed E-state index contributed by atoms with van der Waals surface area (Å²) in [5.41, 5.74) is 0. The molecule has 0 radical (unpaired) electrons. The molecule has 2 nitrogen and oxygen atoms in total. The number of carbonyl (C=O) groups excluding carboxylic acids is 1. The number of halogens is 1. The summed E-state index contributed by atoms with van der Waals surface area (Å²) in [4.78, 5) is 14.8. The van der Waals surface area contributed by atoms with E-state index in [0.717, 1.165) is 17.6 Å². The molecule has 0 saturated carbocycles.